The average Bonchev–Trinajstić information content (AvgIpc) is 3.23. The summed E-state index contributed by atoms with van der Waals surface area (Å²) >= 11 is 0. The lowest BCUT2D eigenvalue weighted by Gasteiger charge is -1.98. The van der Waals surface area contributed by atoms with Gasteiger partial charge in [-0.3, -0.25) is 10.1 Å². The van der Waals surface area contributed by atoms with E-state index in [1.807, 2.05) is 6.07 Å². The highest BCUT2D eigenvalue weighted by Crippen LogP contribution is 2.28. The molecule has 0 atom stereocenters. The molecule has 2 heterocycles. The van der Waals surface area contributed by atoms with Gasteiger partial charge in [0.15, 0.2) is 5.76 Å². The molecule has 11 heteroatoms. The predicted octanol–water partition coefficient (Wildman–Crippen LogP) is 3.61. The number of carboxylic acids is 1. The fraction of sp³-hybridized carbons (Fsp3) is 0. The van der Waals surface area contributed by atoms with Crippen molar-refractivity contribution in [3.63, 3.8) is 0 Å². The van der Waals surface area contributed by atoms with Crippen molar-refractivity contribution in [3.05, 3.63) is 74.8 Å². The Morgan fingerprint density at radius 3 is 2.48 bits per heavy atom. The fourth-order valence-electron chi connectivity index (χ4n) is 1.98. The zero-order valence-electron chi connectivity index (χ0n) is 12.4. The van der Waals surface area contributed by atoms with Crippen LogP contribution >= 0.6 is 0 Å². The minimum atomic E-state index is -1.20. The first-order chi connectivity index (χ1) is 12.0. The van der Waals surface area contributed by atoms with Gasteiger partial charge in [-0.15, -0.1) is 5.53 Å². The number of hydrogen-bond acceptors (Lipinski definition) is 6. The second-order valence-corrected chi connectivity index (χ2v) is 4.47. The molecule has 3 rings (SSSR count). The molecule has 0 unspecified atom stereocenters. The van der Waals surface area contributed by atoms with Crippen LogP contribution in [0.3, 0.4) is 0 Å². The topological polar surface area (TPSA) is 172 Å². The molecule has 11 nitrogen and oxygen atoms in total. The number of carbonyl (C=O) groups is 1. The lowest BCUT2D eigenvalue weighted by molar-refractivity contribution is -0.401. The number of benzene rings is 1. The van der Waals surface area contributed by atoms with Gasteiger partial charge in [-0.05, 0) is 28.6 Å². The molecular formula is C14H10N6O5. The van der Waals surface area contributed by atoms with Gasteiger partial charge in [0.25, 0.3) is 0 Å². The monoisotopic (exact) mass is 342 g/mol. The van der Waals surface area contributed by atoms with Crippen LogP contribution in [0.2, 0.25) is 0 Å². The first-order valence-electron chi connectivity index (χ1n) is 6.61. The second kappa shape index (κ2) is 7.44. The summed E-state index contributed by atoms with van der Waals surface area (Å²) in [5.41, 5.74) is 12.8. The molecule has 0 spiro atoms. The predicted molar refractivity (Wildman–Crippen MR) is 84.3 cm³/mol. The van der Waals surface area contributed by atoms with E-state index in [1.54, 1.807) is 29.2 Å². The number of para-hydroxylation sites is 1. The zero-order chi connectivity index (χ0) is 18.4. The van der Waals surface area contributed by atoms with Crippen LogP contribution in [0.4, 0.5) is 5.88 Å². The van der Waals surface area contributed by atoms with E-state index in [0.29, 0.717) is 5.69 Å². The van der Waals surface area contributed by atoms with E-state index in [1.165, 1.54) is 16.9 Å². The van der Waals surface area contributed by atoms with Crippen LogP contribution in [0.1, 0.15) is 10.4 Å². The van der Waals surface area contributed by atoms with E-state index in [0.717, 1.165) is 6.07 Å². The number of nitrogens with one attached hydrogen (secondary N) is 1. The molecule has 0 aliphatic rings. The van der Waals surface area contributed by atoms with Crippen LogP contribution in [-0.2, 0) is 0 Å². The van der Waals surface area contributed by atoms with Crippen molar-refractivity contribution in [2.24, 2.45) is 0 Å². The third-order valence-corrected chi connectivity index (χ3v) is 2.97. The molecule has 2 N–H and O–H groups in total. The highest BCUT2D eigenvalue weighted by Gasteiger charge is 2.22. The number of aromatic nitrogens is 2. The van der Waals surface area contributed by atoms with Crippen LogP contribution in [0.25, 0.3) is 27.6 Å². The Morgan fingerprint density at radius 2 is 1.96 bits per heavy atom. The molecule has 2 aromatic heterocycles. The molecule has 0 fully saturated rings. The number of carboxylic acid groups (broad SMARTS) is 1. The first kappa shape index (κ1) is 17.2. The Kier molecular flexibility index (Phi) is 5.13. The van der Waals surface area contributed by atoms with Gasteiger partial charge in [0.05, 0.1) is 11.8 Å². The van der Waals surface area contributed by atoms with Crippen molar-refractivity contribution in [2.75, 3.05) is 0 Å². The van der Waals surface area contributed by atoms with Crippen LogP contribution < -0.4 is 0 Å². The molecule has 0 aliphatic heterocycles. The summed E-state index contributed by atoms with van der Waals surface area (Å²) in [6, 6.07) is 11.4. The maximum atomic E-state index is 11.4. The van der Waals surface area contributed by atoms with Gasteiger partial charge in [0.1, 0.15) is 16.2 Å². The third kappa shape index (κ3) is 3.81. The largest absolute Gasteiger partial charge is 0.478 e. The highest BCUT2D eigenvalue weighted by atomic mass is 16.6. The Morgan fingerprint density at radius 1 is 1.32 bits per heavy atom. The Balaban J connectivity index is 0.000000701. The van der Waals surface area contributed by atoms with E-state index in [-0.39, 0.29) is 17.0 Å². The second-order valence-electron chi connectivity index (χ2n) is 4.47. The molecule has 0 saturated heterocycles. The molecule has 1 aromatic carbocycles. The van der Waals surface area contributed by atoms with E-state index in [9.17, 15) is 20.0 Å². The smallest absolute Gasteiger partial charge is 0.433 e. The SMILES string of the molecule is O=C(O)c1cn(-c2ccccc2)nc1-c1ccc([N+](=O)[O-])o1.[N-]=[N+]=N. The van der Waals surface area contributed by atoms with Crippen LogP contribution in [0.5, 0.6) is 0 Å². The minimum absolute atomic E-state index is 0.0266. The Bertz CT molecular complexity index is 940. The van der Waals surface area contributed by atoms with E-state index >= 15 is 0 Å². The summed E-state index contributed by atoms with van der Waals surface area (Å²) in [6.45, 7) is 0. The lowest BCUT2D eigenvalue weighted by Crippen LogP contribution is -1.96. The average molecular weight is 342 g/mol. The Labute approximate surface area is 139 Å². The van der Waals surface area contributed by atoms with Gasteiger partial charge in [-0.2, -0.15) is 5.10 Å². The standard InChI is InChI=1S/C14H9N3O5.HN3/c18-14(19)10-8-16(9-4-2-1-3-5-9)15-13(10)11-6-7-12(22-11)17(20)21;1-3-2/h1-8H,(H,18,19);1H. The van der Waals surface area contributed by atoms with Gasteiger partial charge >= 0.3 is 11.9 Å². The fourth-order valence-corrected chi connectivity index (χ4v) is 1.98. The maximum Gasteiger partial charge on any atom is 0.433 e. The van der Waals surface area contributed by atoms with Crippen LogP contribution in [0.15, 0.2) is 53.1 Å². The van der Waals surface area contributed by atoms with Gasteiger partial charge in [-0.25, -0.2) is 9.48 Å². The molecule has 0 radical (unpaired) electrons. The maximum absolute atomic E-state index is 11.4. The van der Waals surface area contributed by atoms with Crippen LogP contribution in [0, 0.1) is 15.6 Å². The van der Waals surface area contributed by atoms with E-state index < -0.39 is 16.8 Å². The Hall–Kier alpha value is -4.11. The van der Waals surface area contributed by atoms with Gasteiger partial charge in [-0.1, -0.05) is 18.2 Å². The van der Waals surface area contributed by atoms with Crippen molar-refractivity contribution >= 4 is 11.9 Å². The number of nitrogens with zero attached hydrogens (tertiary/aromatic N) is 5. The van der Waals surface area contributed by atoms with Gasteiger partial charge < -0.3 is 9.52 Å². The number of hydrogen-bond donors (Lipinski definition) is 2. The third-order valence-electron chi connectivity index (χ3n) is 2.97. The molecule has 0 bridgehead atoms. The number of rotatable bonds is 4. The van der Waals surface area contributed by atoms with Crippen LogP contribution in [-0.4, -0.2) is 25.8 Å². The lowest BCUT2D eigenvalue weighted by atomic mass is 10.2. The summed E-state index contributed by atoms with van der Waals surface area (Å²) in [6.07, 6.45) is 1.33. The van der Waals surface area contributed by atoms with Crippen molar-refractivity contribution in [1.82, 2.24) is 9.78 Å². The molecular weight excluding hydrogens is 332 g/mol. The zero-order valence-corrected chi connectivity index (χ0v) is 12.4. The van der Waals surface area contributed by atoms with Crippen molar-refractivity contribution in [1.29, 1.82) is 5.53 Å². The summed E-state index contributed by atoms with van der Waals surface area (Å²) in [7, 11) is 0. The number of aromatic carboxylic acids is 1. The summed E-state index contributed by atoms with van der Waals surface area (Å²) in [5.74, 6) is -1.64. The van der Waals surface area contributed by atoms with Crippen molar-refractivity contribution < 1.29 is 19.2 Å². The summed E-state index contributed by atoms with van der Waals surface area (Å²) < 4.78 is 6.41. The molecule has 0 saturated carbocycles. The van der Waals surface area contributed by atoms with E-state index in [4.69, 9.17) is 15.5 Å². The highest BCUT2D eigenvalue weighted by molar-refractivity contribution is 5.94. The van der Waals surface area contributed by atoms with Crippen molar-refractivity contribution in [2.45, 2.75) is 0 Å². The summed E-state index contributed by atoms with van der Waals surface area (Å²) in [5, 5.41) is 24.1. The normalized spacial score (nSPS) is 9.60. The number of furan rings is 1. The molecule has 0 aliphatic carbocycles. The molecule has 3 aromatic rings. The van der Waals surface area contributed by atoms with Gasteiger partial charge in [0.2, 0.25) is 0 Å². The first-order valence-corrected chi connectivity index (χ1v) is 6.61. The quantitative estimate of drug-likeness (QED) is 0.241. The van der Waals surface area contributed by atoms with Crippen molar-refractivity contribution in [3.8, 4) is 17.1 Å². The summed E-state index contributed by atoms with van der Waals surface area (Å²) in [4.78, 5) is 23.1. The minimum Gasteiger partial charge on any atom is -0.478 e. The number of nitro groups is 1. The molecule has 126 valence electrons. The molecule has 25 heavy (non-hydrogen) atoms. The van der Waals surface area contributed by atoms with E-state index in [2.05, 4.69) is 5.10 Å². The molecule has 0 amide bonds. The van der Waals surface area contributed by atoms with Gasteiger partial charge in [0, 0.05) is 6.20 Å².